The normalized spacial score (nSPS) is 28.2. The van der Waals surface area contributed by atoms with Crippen molar-refractivity contribution in [1.29, 1.82) is 0 Å². The molecule has 3 rings (SSSR count). The highest BCUT2D eigenvalue weighted by molar-refractivity contribution is 6.07. The smallest absolute Gasteiger partial charge is 0.252 e. The molecule has 2 atom stereocenters. The third kappa shape index (κ3) is 1.35. The Kier molecular flexibility index (Phi) is 2.06. The molecule has 0 aromatic heterocycles. The van der Waals surface area contributed by atoms with E-state index in [0.717, 1.165) is 18.8 Å². The molecule has 0 saturated carbocycles. The van der Waals surface area contributed by atoms with Gasteiger partial charge in [0.15, 0.2) is 0 Å². The van der Waals surface area contributed by atoms with E-state index in [9.17, 15) is 4.79 Å². The number of hydrogen-bond donors (Lipinski definition) is 0. The van der Waals surface area contributed by atoms with E-state index in [0.29, 0.717) is 5.92 Å². The van der Waals surface area contributed by atoms with Crippen LogP contribution in [0.2, 0.25) is 0 Å². The summed E-state index contributed by atoms with van der Waals surface area (Å²) in [6.45, 7) is 2.66. The molecule has 2 heterocycles. The summed E-state index contributed by atoms with van der Waals surface area (Å²) in [7, 11) is 0. The molecule has 0 aliphatic carbocycles. The lowest BCUT2D eigenvalue weighted by molar-refractivity contribution is -0.126. The number of hydrogen-bond acceptors (Lipinski definition) is 2. The first-order valence-corrected chi connectivity index (χ1v) is 5.68. The Morgan fingerprint density at radius 1 is 1.31 bits per heavy atom. The number of carbonyl (C=O) groups is 1. The number of fused-ring (bicyclic) bond motifs is 1. The Labute approximate surface area is 94.8 Å². The van der Waals surface area contributed by atoms with E-state index in [2.05, 4.69) is 17.1 Å². The van der Waals surface area contributed by atoms with E-state index in [-0.39, 0.29) is 11.9 Å². The second-order valence-corrected chi connectivity index (χ2v) is 4.48. The fraction of sp³-hybridized carbons (Fsp3) is 0.385. The van der Waals surface area contributed by atoms with E-state index in [1.807, 2.05) is 30.0 Å². The van der Waals surface area contributed by atoms with Crippen LogP contribution in [0.15, 0.2) is 35.3 Å². The number of nitrogens with zero attached hydrogens (tertiary/aromatic N) is 2. The lowest BCUT2D eigenvalue weighted by Crippen LogP contribution is -2.30. The van der Waals surface area contributed by atoms with Crippen molar-refractivity contribution in [3.05, 3.63) is 35.9 Å². The molecule has 0 radical (unpaired) electrons. The molecule has 1 aromatic rings. The maximum absolute atomic E-state index is 11.8. The van der Waals surface area contributed by atoms with Crippen LogP contribution in [0.25, 0.3) is 0 Å². The van der Waals surface area contributed by atoms with Crippen LogP contribution in [0.4, 0.5) is 0 Å². The molecule has 1 fully saturated rings. The largest absolute Gasteiger partial charge is 0.298 e. The zero-order valence-electron chi connectivity index (χ0n) is 9.26. The molecule has 3 heteroatoms. The van der Waals surface area contributed by atoms with Gasteiger partial charge in [-0.15, -0.1) is 0 Å². The van der Waals surface area contributed by atoms with Crippen LogP contribution in [-0.4, -0.2) is 29.2 Å². The number of rotatable bonds is 1. The Balaban J connectivity index is 1.85. The molecule has 2 aliphatic rings. The topological polar surface area (TPSA) is 32.7 Å². The van der Waals surface area contributed by atoms with E-state index >= 15 is 0 Å². The molecule has 0 N–H and O–H groups in total. The maximum Gasteiger partial charge on any atom is 0.252 e. The first-order valence-electron chi connectivity index (χ1n) is 5.68. The standard InChI is InChI=1S/C13H14N2O/c1-9-13(16)15-8-11(7-12(15)14-9)10-5-3-2-4-6-10/h2-6,9,11H,7-8H2,1H3/t9-,11+/m1/s1. The molecule has 2 aliphatic heterocycles. The van der Waals surface area contributed by atoms with Gasteiger partial charge in [-0.1, -0.05) is 30.3 Å². The Hall–Kier alpha value is -1.64. The summed E-state index contributed by atoms with van der Waals surface area (Å²) in [4.78, 5) is 18.0. The van der Waals surface area contributed by atoms with Crippen LogP contribution < -0.4 is 0 Å². The van der Waals surface area contributed by atoms with Gasteiger partial charge in [0.05, 0.1) is 0 Å². The van der Waals surface area contributed by atoms with Gasteiger partial charge in [0.2, 0.25) is 0 Å². The van der Waals surface area contributed by atoms with E-state index < -0.39 is 0 Å². The molecule has 1 saturated heterocycles. The zero-order chi connectivity index (χ0) is 11.1. The van der Waals surface area contributed by atoms with Crippen LogP contribution in [-0.2, 0) is 4.79 Å². The van der Waals surface area contributed by atoms with Gasteiger partial charge in [-0.05, 0) is 12.5 Å². The molecular formula is C13H14N2O. The summed E-state index contributed by atoms with van der Waals surface area (Å²) < 4.78 is 0. The fourth-order valence-electron chi connectivity index (χ4n) is 2.51. The van der Waals surface area contributed by atoms with Crippen molar-refractivity contribution in [3.63, 3.8) is 0 Å². The Morgan fingerprint density at radius 2 is 2.06 bits per heavy atom. The molecule has 0 spiro atoms. The number of benzene rings is 1. The van der Waals surface area contributed by atoms with E-state index in [1.54, 1.807) is 0 Å². The predicted molar refractivity (Wildman–Crippen MR) is 62.4 cm³/mol. The van der Waals surface area contributed by atoms with Gasteiger partial charge in [0, 0.05) is 18.9 Å². The maximum atomic E-state index is 11.8. The van der Waals surface area contributed by atoms with Gasteiger partial charge in [-0.2, -0.15) is 0 Å². The Bertz CT molecular complexity index is 452. The van der Waals surface area contributed by atoms with Crippen LogP contribution in [0.1, 0.15) is 24.8 Å². The summed E-state index contributed by atoms with van der Waals surface area (Å²) in [5.41, 5.74) is 1.31. The number of amidine groups is 1. The molecule has 0 unspecified atom stereocenters. The SMILES string of the molecule is C[C@H]1N=C2C[C@H](c3ccccc3)CN2C1=O. The van der Waals surface area contributed by atoms with Crippen LogP contribution in [0.5, 0.6) is 0 Å². The molecular weight excluding hydrogens is 200 g/mol. The highest BCUT2D eigenvalue weighted by atomic mass is 16.2. The minimum Gasteiger partial charge on any atom is -0.298 e. The predicted octanol–water partition coefficient (Wildman–Crippen LogP) is 1.80. The van der Waals surface area contributed by atoms with Gasteiger partial charge < -0.3 is 0 Å². The first-order chi connectivity index (χ1) is 7.75. The summed E-state index contributed by atoms with van der Waals surface area (Å²) in [5, 5.41) is 0. The lowest BCUT2D eigenvalue weighted by atomic mass is 9.98. The quantitative estimate of drug-likeness (QED) is 0.701. The molecule has 16 heavy (non-hydrogen) atoms. The molecule has 0 bridgehead atoms. The molecule has 1 aromatic carbocycles. The van der Waals surface area contributed by atoms with Crippen molar-refractivity contribution in [1.82, 2.24) is 4.90 Å². The molecule has 1 amide bonds. The second-order valence-electron chi connectivity index (χ2n) is 4.48. The Morgan fingerprint density at radius 3 is 2.75 bits per heavy atom. The average Bonchev–Trinajstić information content (AvgIpc) is 2.82. The van der Waals surface area contributed by atoms with Crippen LogP contribution >= 0.6 is 0 Å². The van der Waals surface area contributed by atoms with E-state index in [1.165, 1.54) is 5.56 Å². The zero-order valence-corrected chi connectivity index (χ0v) is 9.26. The highest BCUT2D eigenvalue weighted by Gasteiger charge is 2.39. The fourth-order valence-corrected chi connectivity index (χ4v) is 2.51. The number of amides is 1. The summed E-state index contributed by atoms with van der Waals surface area (Å²) >= 11 is 0. The first kappa shape index (κ1) is 9.58. The summed E-state index contributed by atoms with van der Waals surface area (Å²) in [6, 6.07) is 10.2. The van der Waals surface area contributed by atoms with E-state index in [4.69, 9.17) is 0 Å². The second kappa shape index (κ2) is 3.44. The third-order valence-corrected chi connectivity index (χ3v) is 3.38. The summed E-state index contributed by atoms with van der Waals surface area (Å²) in [6.07, 6.45) is 0.903. The average molecular weight is 214 g/mol. The molecule has 3 nitrogen and oxygen atoms in total. The monoisotopic (exact) mass is 214 g/mol. The van der Waals surface area contributed by atoms with Gasteiger partial charge in [-0.3, -0.25) is 14.7 Å². The van der Waals surface area contributed by atoms with Crippen molar-refractivity contribution in [2.75, 3.05) is 6.54 Å². The van der Waals surface area contributed by atoms with Crippen molar-refractivity contribution in [3.8, 4) is 0 Å². The summed E-state index contributed by atoms with van der Waals surface area (Å²) in [5.74, 6) is 1.57. The minimum atomic E-state index is -0.160. The van der Waals surface area contributed by atoms with Crippen molar-refractivity contribution in [2.45, 2.75) is 25.3 Å². The van der Waals surface area contributed by atoms with Gasteiger partial charge in [-0.25, -0.2) is 0 Å². The minimum absolute atomic E-state index is 0.160. The third-order valence-electron chi connectivity index (χ3n) is 3.38. The van der Waals surface area contributed by atoms with Crippen LogP contribution in [0.3, 0.4) is 0 Å². The van der Waals surface area contributed by atoms with Gasteiger partial charge in [0.25, 0.3) is 5.91 Å². The molecule has 82 valence electrons. The van der Waals surface area contributed by atoms with Crippen molar-refractivity contribution >= 4 is 11.7 Å². The lowest BCUT2D eigenvalue weighted by Gasteiger charge is -2.13. The van der Waals surface area contributed by atoms with Crippen molar-refractivity contribution in [2.24, 2.45) is 4.99 Å². The van der Waals surface area contributed by atoms with Crippen LogP contribution in [0, 0.1) is 0 Å². The highest BCUT2D eigenvalue weighted by Crippen LogP contribution is 2.32. The number of carbonyl (C=O) groups excluding carboxylic acids is 1. The number of aliphatic imine (C=N–C) groups is 1. The van der Waals surface area contributed by atoms with Crippen molar-refractivity contribution < 1.29 is 4.79 Å². The van der Waals surface area contributed by atoms with Gasteiger partial charge in [0.1, 0.15) is 11.9 Å². The van der Waals surface area contributed by atoms with Gasteiger partial charge >= 0.3 is 0 Å².